The number of aromatic nitrogens is 2. The molecule has 1 fully saturated rings. The maximum atomic E-state index is 13.0. The van der Waals surface area contributed by atoms with Crippen LogP contribution >= 0.6 is 0 Å². The van der Waals surface area contributed by atoms with Crippen LogP contribution in [-0.2, 0) is 0 Å². The van der Waals surface area contributed by atoms with Gasteiger partial charge in [-0.1, -0.05) is 24.3 Å². The average Bonchev–Trinajstić information content (AvgIpc) is 3.08. The molecule has 0 aliphatic carbocycles. The predicted molar refractivity (Wildman–Crippen MR) is 82.5 cm³/mol. The van der Waals surface area contributed by atoms with Gasteiger partial charge in [0.25, 0.3) is 0 Å². The molecule has 7 heteroatoms. The van der Waals surface area contributed by atoms with Gasteiger partial charge in [0.2, 0.25) is 0 Å². The second-order valence-electron chi connectivity index (χ2n) is 6.50. The molecule has 4 rings (SSSR count). The van der Waals surface area contributed by atoms with E-state index in [9.17, 15) is 18.3 Å². The van der Waals surface area contributed by atoms with E-state index in [0.29, 0.717) is 19.4 Å². The quantitative estimate of drug-likeness (QED) is 0.916. The Morgan fingerprint density at radius 1 is 1.25 bits per heavy atom. The van der Waals surface area contributed by atoms with Crippen molar-refractivity contribution in [2.24, 2.45) is 0 Å². The Balaban J connectivity index is 1.78. The van der Waals surface area contributed by atoms with E-state index >= 15 is 0 Å². The molecule has 4 nitrogen and oxygen atoms in total. The Morgan fingerprint density at radius 2 is 2.04 bits per heavy atom. The lowest BCUT2D eigenvalue weighted by atomic mass is 9.88. The number of nitrogens with zero attached hydrogens (tertiary/aromatic N) is 3. The molecule has 0 amide bonds. The highest BCUT2D eigenvalue weighted by molar-refractivity contribution is 5.69. The molecule has 3 heterocycles. The first-order valence-corrected chi connectivity index (χ1v) is 8.06. The molecule has 0 saturated carbocycles. The molecule has 2 aromatic rings. The van der Waals surface area contributed by atoms with Crippen molar-refractivity contribution in [2.75, 3.05) is 13.1 Å². The summed E-state index contributed by atoms with van der Waals surface area (Å²) in [7, 11) is 0. The van der Waals surface area contributed by atoms with Gasteiger partial charge in [0.1, 0.15) is 0 Å². The number of benzene rings is 1. The molecule has 1 saturated heterocycles. The number of aliphatic hydroxyl groups is 1. The third-order valence-corrected chi connectivity index (χ3v) is 4.99. The van der Waals surface area contributed by atoms with Gasteiger partial charge in [0, 0.05) is 5.56 Å². The van der Waals surface area contributed by atoms with Gasteiger partial charge in [-0.15, -0.1) is 0 Å². The second kappa shape index (κ2) is 5.60. The summed E-state index contributed by atoms with van der Waals surface area (Å²) in [4.78, 5) is 5.53. The SMILES string of the molecule is OC1CCCN(CC(F)(F)F)C1[C@@H]1c2ccccc2-c2cncn21. The fourth-order valence-electron chi connectivity index (χ4n) is 4.11. The van der Waals surface area contributed by atoms with Gasteiger partial charge in [-0.2, -0.15) is 13.2 Å². The van der Waals surface area contributed by atoms with Gasteiger partial charge < -0.3 is 9.67 Å². The molecule has 24 heavy (non-hydrogen) atoms. The van der Waals surface area contributed by atoms with E-state index in [4.69, 9.17) is 0 Å². The van der Waals surface area contributed by atoms with Crippen LogP contribution in [0.1, 0.15) is 24.4 Å². The lowest BCUT2D eigenvalue weighted by molar-refractivity contribution is -0.162. The second-order valence-corrected chi connectivity index (χ2v) is 6.50. The Labute approximate surface area is 137 Å². The van der Waals surface area contributed by atoms with Crippen LogP contribution in [-0.4, -0.2) is 51.0 Å². The Hall–Kier alpha value is -1.86. The predicted octanol–water partition coefficient (Wildman–Crippen LogP) is 2.84. The minimum atomic E-state index is -4.29. The largest absolute Gasteiger partial charge is 0.401 e. The van der Waals surface area contributed by atoms with Crippen molar-refractivity contribution in [2.45, 2.75) is 37.2 Å². The molecule has 2 aliphatic heterocycles. The minimum absolute atomic E-state index is 0.337. The molecule has 2 aliphatic rings. The van der Waals surface area contributed by atoms with Crippen molar-refractivity contribution in [1.29, 1.82) is 0 Å². The molecular formula is C17H18F3N3O. The number of piperidine rings is 1. The van der Waals surface area contributed by atoms with Crippen LogP contribution in [0.25, 0.3) is 11.3 Å². The monoisotopic (exact) mass is 337 g/mol. The highest BCUT2D eigenvalue weighted by Gasteiger charge is 2.45. The van der Waals surface area contributed by atoms with Crippen molar-refractivity contribution in [3.63, 3.8) is 0 Å². The Morgan fingerprint density at radius 3 is 2.83 bits per heavy atom. The normalized spacial score (nSPS) is 27.1. The van der Waals surface area contributed by atoms with Gasteiger partial charge in [-0.3, -0.25) is 4.90 Å². The maximum Gasteiger partial charge on any atom is 0.401 e. The average molecular weight is 337 g/mol. The molecule has 0 radical (unpaired) electrons. The summed E-state index contributed by atoms with van der Waals surface area (Å²) in [6.45, 7) is -0.665. The van der Waals surface area contributed by atoms with Crippen LogP contribution in [0.3, 0.4) is 0 Å². The summed E-state index contributed by atoms with van der Waals surface area (Å²) in [6, 6.07) is 6.71. The summed E-state index contributed by atoms with van der Waals surface area (Å²) in [5.41, 5.74) is 2.82. The third-order valence-electron chi connectivity index (χ3n) is 4.99. The fourth-order valence-corrected chi connectivity index (χ4v) is 4.11. The van der Waals surface area contributed by atoms with Crippen LogP contribution in [0.15, 0.2) is 36.8 Å². The highest BCUT2D eigenvalue weighted by atomic mass is 19.4. The van der Waals surface area contributed by atoms with E-state index in [1.54, 1.807) is 12.5 Å². The lowest BCUT2D eigenvalue weighted by Crippen LogP contribution is -2.54. The van der Waals surface area contributed by atoms with Gasteiger partial charge >= 0.3 is 6.18 Å². The number of likely N-dealkylation sites (tertiary alicyclic amines) is 1. The summed E-state index contributed by atoms with van der Waals surface area (Å²) >= 11 is 0. The fraction of sp³-hybridized carbons (Fsp3) is 0.471. The first-order valence-electron chi connectivity index (χ1n) is 8.06. The van der Waals surface area contributed by atoms with Gasteiger partial charge in [0.05, 0.1) is 43.0 Å². The number of imidazole rings is 1. The highest BCUT2D eigenvalue weighted by Crippen LogP contribution is 2.44. The molecule has 3 atom stereocenters. The zero-order chi connectivity index (χ0) is 16.9. The van der Waals surface area contributed by atoms with E-state index < -0.39 is 24.9 Å². The van der Waals surface area contributed by atoms with Crippen LogP contribution in [0.4, 0.5) is 13.2 Å². The number of fused-ring (bicyclic) bond motifs is 3. The molecule has 1 aromatic heterocycles. The maximum absolute atomic E-state index is 13.0. The lowest BCUT2D eigenvalue weighted by Gasteiger charge is -2.43. The number of hydrogen-bond acceptors (Lipinski definition) is 3. The molecule has 1 aromatic carbocycles. The van der Waals surface area contributed by atoms with Crippen molar-refractivity contribution in [3.05, 3.63) is 42.4 Å². The molecule has 0 spiro atoms. The topological polar surface area (TPSA) is 41.3 Å². The number of aliphatic hydroxyl groups excluding tert-OH is 1. The van der Waals surface area contributed by atoms with Crippen molar-refractivity contribution >= 4 is 0 Å². The van der Waals surface area contributed by atoms with Gasteiger partial charge in [0.15, 0.2) is 0 Å². The van der Waals surface area contributed by atoms with Crippen LogP contribution < -0.4 is 0 Å². The van der Waals surface area contributed by atoms with Crippen LogP contribution in [0, 0.1) is 0 Å². The van der Waals surface area contributed by atoms with E-state index in [1.807, 2.05) is 28.8 Å². The zero-order valence-electron chi connectivity index (χ0n) is 12.9. The minimum Gasteiger partial charge on any atom is -0.391 e. The van der Waals surface area contributed by atoms with Gasteiger partial charge in [-0.25, -0.2) is 4.98 Å². The van der Waals surface area contributed by atoms with Crippen molar-refractivity contribution in [3.8, 4) is 11.3 Å². The van der Waals surface area contributed by atoms with E-state index in [2.05, 4.69) is 4.98 Å². The number of alkyl halides is 3. The van der Waals surface area contributed by atoms with E-state index in [0.717, 1.165) is 16.8 Å². The molecule has 128 valence electrons. The molecule has 1 N–H and O–H groups in total. The first kappa shape index (κ1) is 15.7. The van der Waals surface area contributed by atoms with Crippen molar-refractivity contribution < 1.29 is 18.3 Å². The Bertz CT molecular complexity index is 743. The third kappa shape index (κ3) is 2.52. The van der Waals surface area contributed by atoms with E-state index in [-0.39, 0.29) is 6.04 Å². The van der Waals surface area contributed by atoms with E-state index in [1.165, 1.54) is 4.90 Å². The van der Waals surface area contributed by atoms with Gasteiger partial charge in [-0.05, 0) is 24.9 Å². The number of rotatable bonds is 2. The molecule has 2 unspecified atom stereocenters. The summed E-state index contributed by atoms with van der Waals surface area (Å²) < 4.78 is 40.9. The number of halogens is 3. The van der Waals surface area contributed by atoms with Crippen LogP contribution in [0.2, 0.25) is 0 Å². The summed E-state index contributed by atoms with van der Waals surface area (Å²) in [5, 5.41) is 10.5. The molecular weight excluding hydrogens is 319 g/mol. The number of hydrogen-bond donors (Lipinski definition) is 1. The summed E-state index contributed by atoms with van der Waals surface area (Å²) in [6.07, 6.45) is -0.631. The van der Waals surface area contributed by atoms with Crippen molar-refractivity contribution in [1.82, 2.24) is 14.5 Å². The van der Waals surface area contributed by atoms with Crippen LogP contribution in [0.5, 0.6) is 0 Å². The first-order chi connectivity index (χ1) is 11.5. The zero-order valence-corrected chi connectivity index (χ0v) is 12.9. The standard InChI is InChI=1S/C17H18F3N3O/c18-17(19,20)9-22-7-3-6-14(24)16(22)15-12-5-2-1-4-11(12)13-8-21-10-23(13)15/h1-2,4-5,8,10,14-16,24H,3,6-7,9H2/t14?,15-,16?/m0/s1. The summed E-state index contributed by atoms with van der Waals surface area (Å²) in [5.74, 6) is 0. The molecule has 0 bridgehead atoms. The Kier molecular flexibility index (Phi) is 3.65. The smallest absolute Gasteiger partial charge is 0.391 e.